The minimum absolute atomic E-state index is 0.530. The summed E-state index contributed by atoms with van der Waals surface area (Å²) in [6.07, 6.45) is 8.94. The maximum atomic E-state index is 5.04. The number of hydrogen-bond donors (Lipinski definition) is 0. The molecule has 0 saturated heterocycles. The summed E-state index contributed by atoms with van der Waals surface area (Å²) < 4.78 is 2.39. The van der Waals surface area contributed by atoms with Crippen LogP contribution >= 0.6 is 0 Å². The van der Waals surface area contributed by atoms with Gasteiger partial charge in [-0.1, -0.05) is 177 Å². The molecule has 0 bridgehead atoms. The second-order valence-corrected chi connectivity index (χ2v) is 15.5. The molecule has 0 spiro atoms. The summed E-state index contributed by atoms with van der Waals surface area (Å²) in [4.78, 5) is 19.1. The van der Waals surface area contributed by atoms with Gasteiger partial charge in [0.1, 0.15) is 0 Å². The highest BCUT2D eigenvalue weighted by Gasteiger charge is 2.20. The van der Waals surface area contributed by atoms with E-state index in [1.54, 1.807) is 24.5 Å². The van der Waals surface area contributed by atoms with E-state index in [1.807, 2.05) is 30.3 Å². The molecule has 0 radical (unpaired) electrons. The van der Waals surface area contributed by atoms with Crippen molar-refractivity contribution in [3.63, 3.8) is 0 Å². The molecule has 5 heteroatoms. The number of fused-ring (bicyclic) bond motifs is 5. The Bertz CT molecular complexity index is 3510. The first-order chi connectivity index (χ1) is 31.2. The quantitative estimate of drug-likeness (QED) is 0.108. The molecule has 3 aromatic heterocycles. The number of rotatable bonds is 9. The third-order valence-corrected chi connectivity index (χ3v) is 11.9. The van der Waals surface area contributed by atoms with Crippen LogP contribution in [0, 0.1) is 0 Å². The Balaban J connectivity index is 1.04. The highest BCUT2D eigenvalue weighted by molar-refractivity contribution is 6.22. The molecule has 5 nitrogen and oxygen atoms in total. The lowest BCUT2D eigenvalue weighted by Crippen LogP contribution is -2.02. The van der Waals surface area contributed by atoms with E-state index in [2.05, 4.69) is 180 Å². The lowest BCUT2D eigenvalue weighted by molar-refractivity contribution is 1.04. The van der Waals surface area contributed by atoms with Crippen LogP contribution in [0.1, 0.15) is 5.82 Å². The Hall–Kier alpha value is -8.54. The predicted octanol–water partition coefficient (Wildman–Crippen LogP) is 14.8. The van der Waals surface area contributed by atoms with Crippen molar-refractivity contribution < 1.29 is 0 Å². The van der Waals surface area contributed by atoms with Crippen molar-refractivity contribution in [1.29, 1.82) is 0 Å². The zero-order valence-electron chi connectivity index (χ0n) is 34.4. The van der Waals surface area contributed by atoms with Crippen molar-refractivity contribution in [2.45, 2.75) is 0 Å². The monoisotopic (exact) mass is 805 g/mol. The van der Waals surface area contributed by atoms with Crippen LogP contribution in [0.3, 0.4) is 0 Å². The maximum Gasteiger partial charge on any atom is 0.164 e. The number of pyridine rings is 1. The standard InChI is InChI=1S/C58H39N5/c1-3-14-38(4-2)56-60-57(42-27-23-39(24-28-42)40-33-35-59-36-34-40)62-58(61-56)43-29-25-41(26-30-43)54-48-18-8-10-20-50(48)55(51-21-11-9-19-49(51)54)44-31-32-47-46-17-12-13-22-52(46)63(53(47)37-44)45-15-6-5-7-16-45/h3-37H,1-2H2/b38-14+. The van der Waals surface area contributed by atoms with Gasteiger partial charge in [-0.2, -0.15) is 0 Å². The van der Waals surface area contributed by atoms with Gasteiger partial charge in [-0.05, 0) is 91.3 Å². The first kappa shape index (κ1) is 37.5. The fourth-order valence-corrected chi connectivity index (χ4v) is 9.00. The summed E-state index contributed by atoms with van der Waals surface area (Å²) in [5.41, 5.74) is 12.9. The van der Waals surface area contributed by atoms with Crippen LogP contribution in [0.2, 0.25) is 0 Å². The van der Waals surface area contributed by atoms with E-state index >= 15 is 0 Å². The molecule has 63 heavy (non-hydrogen) atoms. The second-order valence-electron chi connectivity index (χ2n) is 15.5. The third kappa shape index (κ3) is 6.60. The minimum atomic E-state index is 0.530. The van der Waals surface area contributed by atoms with E-state index < -0.39 is 0 Å². The summed E-state index contributed by atoms with van der Waals surface area (Å²) in [6.45, 7) is 7.95. The van der Waals surface area contributed by atoms with Crippen molar-refractivity contribution in [2.24, 2.45) is 0 Å². The van der Waals surface area contributed by atoms with Crippen LogP contribution in [0.4, 0.5) is 0 Å². The molecule has 0 atom stereocenters. The van der Waals surface area contributed by atoms with Gasteiger partial charge in [-0.25, -0.2) is 15.0 Å². The van der Waals surface area contributed by atoms with E-state index in [-0.39, 0.29) is 0 Å². The number of allylic oxidation sites excluding steroid dienone is 4. The lowest BCUT2D eigenvalue weighted by Gasteiger charge is -2.18. The van der Waals surface area contributed by atoms with E-state index in [0.29, 0.717) is 17.5 Å². The zero-order valence-corrected chi connectivity index (χ0v) is 34.4. The van der Waals surface area contributed by atoms with Crippen molar-refractivity contribution in [2.75, 3.05) is 0 Å². The molecule has 0 aliphatic heterocycles. The smallest absolute Gasteiger partial charge is 0.164 e. The first-order valence-corrected chi connectivity index (χ1v) is 21.0. The zero-order chi connectivity index (χ0) is 42.3. The highest BCUT2D eigenvalue weighted by atomic mass is 15.0. The normalized spacial score (nSPS) is 11.7. The first-order valence-electron chi connectivity index (χ1n) is 21.0. The number of hydrogen-bond acceptors (Lipinski definition) is 4. The van der Waals surface area contributed by atoms with E-state index in [1.165, 1.54) is 60.0 Å². The lowest BCUT2D eigenvalue weighted by atomic mass is 9.85. The Morgan fingerprint density at radius 3 is 1.48 bits per heavy atom. The summed E-state index contributed by atoms with van der Waals surface area (Å²) in [5.74, 6) is 1.68. The number of nitrogens with zero attached hydrogens (tertiary/aromatic N) is 5. The van der Waals surface area contributed by atoms with Gasteiger partial charge >= 0.3 is 0 Å². The molecule has 0 aliphatic carbocycles. The van der Waals surface area contributed by atoms with Crippen LogP contribution in [0.5, 0.6) is 0 Å². The highest BCUT2D eigenvalue weighted by Crippen LogP contribution is 2.45. The van der Waals surface area contributed by atoms with Crippen molar-refractivity contribution >= 4 is 48.9 Å². The van der Waals surface area contributed by atoms with Crippen molar-refractivity contribution in [1.82, 2.24) is 24.5 Å². The minimum Gasteiger partial charge on any atom is -0.309 e. The summed E-state index contributed by atoms with van der Waals surface area (Å²) in [6, 6.07) is 64.8. The molecule has 11 rings (SSSR count). The predicted molar refractivity (Wildman–Crippen MR) is 263 cm³/mol. The Labute approximate surface area is 365 Å². The molecule has 0 N–H and O–H groups in total. The topological polar surface area (TPSA) is 56.5 Å². The van der Waals surface area contributed by atoms with Crippen LogP contribution in [0.15, 0.2) is 226 Å². The molecular weight excluding hydrogens is 767 g/mol. The molecular formula is C58H39N5. The SMILES string of the molecule is C=C/C=C(\C=C)c1nc(-c2ccc(-c3ccncc3)cc2)nc(-c2ccc(-c3c4ccccc4c(-c4ccc5c6ccccc6n(-c6ccccc6)c5c4)c4ccccc34)cc2)n1. The largest absolute Gasteiger partial charge is 0.309 e. The number of aromatic nitrogens is 5. The van der Waals surface area contributed by atoms with Gasteiger partial charge in [0.2, 0.25) is 0 Å². The summed E-state index contributed by atoms with van der Waals surface area (Å²) in [7, 11) is 0. The molecule has 3 heterocycles. The van der Waals surface area contributed by atoms with Gasteiger partial charge in [0.25, 0.3) is 0 Å². The van der Waals surface area contributed by atoms with Gasteiger partial charge in [-0.15, -0.1) is 0 Å². The molecule has 0 unspecified atom stereocenters. The fourth-order valence-electron chi connectivity index (χ4n) is 9.00. The van der Waals surface area contributed by atoms with E-state index in [4.69, 9.17) is 15.0 Å². The van der Waals surface area contributed by atoms with Gasteiger partial charge in [0, 0.05) is 45.6 Å². The Morgan fingerprint density at radius 2 is 0.889 bits per heavy atom. The summed E-state index contributed by atoms with van der Waals surface area (Å²) >= 11 is 0. The van der Waals surface area contributed by atoms with Gasteiger partial charge in [-0.3, -0.25) is 4.98 Å². The van der Waals surface area contributed by atoms with Crippen LogP contribution in [0.25, 0.3) is 111 Å². The molecule has 11 aromatic rings. The van der Waals surface area contributed by atoms with Crippen LogP contribution in [-0.4, -0.2) is 24.5 Å². The third-order valence-electron chi connectivity index (χ3n) is 11.9. The number of para-hydroxylation sites is 2. The van der Waals surface area contributed by atoms with E-state index in [0.717, 1.165) is 39.1 Å². The molecule has 0 fully saturated rings. The van der Waals surface area contributed by atoms with Gasteiger partial charge < -0.3 is 4.57 Å². The van der Waals surface area contributed by atoms with Gasteiger partial charge in [0.05, 0.1) is 11.0 Å². The van der Waals surface area contributed by atoms with Crippen molar-refractivity contribution in [3.8, 4) is 61.8 Å². The Morgan fingerprint density at radius 1 is 0.413 bits per heavy atom. The average molecular weight is 806 g/mol. The van der Waals surface area contributed by atoms with Crippen LogP contribution in [-0.2, 0) is 0 Å². The molecule has 8 aromatic carbocycles. The second kappa shape index (κ2) is 15.8. The Kier molecular flexibility index (Phi) is 9.40. The fraction of sp³-hybridized carbons (Fsp3) is 0. The maximum absolute atomic E-state index is 5.04. The molecule has 0 amide bonds. The van der Waals surface area contributed by atoms with Gasteiger partial charge in [0.15, 0.2) is 17.5 Å². The summed E-state index contributed by atoms with van der Waals surface area (Å²) in [5, 5.41) is 7.25. The van der Waals surface area contributed by atoms with E-state index in [9.17, 15) is 0 Å². The molecule has 296 valence electrons. The van der Waals surface area contributed by atoms with Crippen LogP contribution < -0.4 is 0 Å². The van der Waals surface area contributed by atoms with Crippen molar-refractivity contribution in [3.05, 3.63) is 232 Å². The average Bonchev–Trinajstić information content (AvgIpc) is 3.69. The molecule has 0 saturated carbocycles. The number of benzene rings is 8. The molecule has 0 aliphatic rings.